The van der Waals surface area contributed by atoms with Gasteiger partial charge in [0.2, 0.25) is 0 Å². The first kappa shape index (κ1) is 23.1. The molecule has 1 saturated carbocycles. The summed E-state index contributed by atoms with van der Waals surface area (Å²) in [5.41, 5.74) is 5.58. The van der Waals surface area contributed by atoms with E-state index in [2.05, 4.69) is 21.8 Å². The molecule has 170 valence electrons. The van der Waals surface area contributed by atoms with E-state index in [1.807, 2.05) is 0 Å². The van der Waals surface area contributed by atoms with Gasteiger partial charge < -0.3 is 21.1 Å². The number of nitrogens with zero attached hydrogens (tertiary/aromatic N) is 3. The van der Waals surface area contributed by atoms with Crippen molar-refractivity contribution in [1.29, 1.82) is 5.26 Å². The molecule has 1 fully saturated rings. The molecule has 32 heavy (non-hydrogen) atoms. The third-order valence-corrected chi connectivity index (χ3v) is 5.15. The highest BCUT2D eigenvalue weighted by atomic mass is 19.1. The van der Waals surface area contributed by atoms with Crippen LogP contribution in [0.2, 0.25) is 0 Å². The second-order valence-electron chi connectivity index (χ2n) is 8.83. The highest BCUT2D eigenvalue weighted by Crippen LogP contribution is 2.35. The van der Waals surface area contributed by atoms with E-state index in [-0.39, 0.29) is 35.2 Å². The van der Waals surface area contributed by atoms with Crippen molar-refractivity contribution in [3.05, 3.63) is 41.8 Å². The van der Waals surface area contributed by atoms with Crippen LogP contribution in [0.15, 0.2) is 30.5 Å². The Bertz CT molecular complexity index is 1020. The number of halogens is 1. The van der Waals surface area contributed by atoms with Crippen molar-refractivity contribution in [3.63, 3.8) is 0 Å². The minimum absolute atomic E-state index is 0.147. The van der Waals surface area contributed by atoms with Crippen LogP contribution in [-0.4, -0.2) is 33.4 Å². The second kappa shape index (κ2) is 9.26. The zero-order valence-corrected chi connectivity index (χ0v) is 18.3. The van der Waals surface area contributed by atoms with Crippen LogP contribution in [0.5, 0.6) is 0 Å². The van der Waals surface area contributed by atoms with Gasteiger partial charge in [-0.3, -0.25) is 9.48 Å². The van der Waals surface area contributed by atoms with E-state index >= 15 is 0 Å². The number of benzene rings is 1. The number of carbonyl (C=O) groups excluding carboxylic acids is 2. The van der Waals surface area contributed by atoms with Crippen LogP contribution < -0.4 is 16.4 Å². The molecule has 4 N–H and O–H groups in total. The van der Waals surface area contributed by atoms with Gasteiger partial charge in [0.05, 0.1) is 18.0 Å². The maximum atomic E-state index is 13.2. The number of ether oxygens (including phenoxy) is 1. The molecule has 0 bridgehead atoms. The largest absolute Gasteiger partial charge is 0.444 e. The molecule has 0 unspecified atom stereocenters. The first-order valence-electron chi connectivity index (χ1n) is 10.4. The van der Waals surface area contributed by atoms with Crippen LogP contribution >= 0.6 is 0 Å². The van der Waals surface area contributed by atoms with Crippen molar-refractivity contribution < 1.29 is 18.7 Å². The summed E-state index contributed by atoms with van der Waals surface area (Å²) in [5.74, 6) is -1.22. The van der Waals surface area contributed by atoms with Crippen molar-refractivity contribution >= 4 is 23.5 Å². The molecule has 1 aliphatic carbocycles. The summed E-state index contributed by atoms with van der Waals surface area (Å²) in [6.07, 6.45) is 2.59. The van der Waals surface area contributed by atoms with Crippen molar-refractivity contribution in [1.82, 2.24) is 15.1 Å². The average molecular weight is 442 g/mol. The van der Waals surface area contributed by atoms with Gasteiger partial charge in [-0.15, -0.1) is 0 Å². The summed E-state index contributed by atoms with van der Waals surface area (Å²) in [4.78, 5) is 24.2. The number of nitrogens with one attached hydrogen (secondary N) is 2. The van der Waals surface area contributed by atoms with Gasteiger partial charge in [-0.25, -0.2) is 9.18 Å². The fourth-order valence-corrected chi connectivity index (χ4v) is 3.70. The monoisotopic (exact) mass is 442 g/mol. The molecular weight excluding hydrogens is 415 g/mol. The summed E-state index contributed by atoms with van der Waals surface area (Å²) < 4.78 is 20.1. The lowest BCUT2D eigenvalue weighted by Crippen LogP contribution is -2.43. The van der Waals surface area contributed by atoms with Crippen molar-refractivity contribution in [3.8, 4) is 6.07 Å². The predicted octanol–water partition coefficient (Wildman–Crippen LogP) is 3.62. The van der Waals surface area contributed by atoms with Gasteiger partial charge in [0, 0.05) is 17.9 Å². The van der Waals surface area contributed by atoms with Crippen LogP contribution in [0.1, 0.15) is 56.4 Å². The van der Waals surface area contributed by atoms with Gasteiger partial charge in [-0.2, -0.15) is 10.4 Å². The zero-order chi connectivity index (χ0) is 23.5. The number of nitrogens with two attached hydrogens (primary N) is 1. The molecule has 0 radical (unpaired) electrons. The number of aromatic nitrogens is 2. The van der Waals surface area contributed by atoms with E-state index in [1.165, 1.54) is 30.5 Å². The smallest absolute Gasteiger partial charge is 0.407 e. The Morgan fingerprint density at radius 2 is 1.97 bits per heavy atom. The fourth-order valence-electron chi connectivity index (χ4n) is 3.70. The molecule has 1 aromatic heterocycles. The second-order valence-corrected chi connectivity index (χ2v) is 8.83. The van der Waals surface area contributed by atoms with Gasteiger partial charge in [0.25, 0.3) is 5.91 Å². The first-order chi connectivity index (χ1) is 15.1. The number of hydrogen-bond donors (Lipinski definition) is 3. The fraction of sp³-hybridized carbons (Fsp3) is 0.455. The Hall–Kier alpha value is -3.61. The van der Waals surface area contributed by atoms with Gasteiger partial charge in [0.15, 0.2) is 5.82 Å². The molecule has 0 saturated heterocycles. The molecule has 3 rings (SSSR count). The van der Waals surface area contributed by atoms with Gasteiger partial charge >= 0.3 is 6.09 Å². The SMILES string of the molecule is CC(C)(C)OC(=O)N[C@@H]1CC[C@H](C#N)[C@@H](n2cc(C(N)=O)c(Nc3ccc(F)cc3)n2)C1. The number of anilines is 2. The van der Waals surface area contributed by atoms with Gasteiger partial charge in [0.1, 0.15) is 17.0 Å². The Labute approximate surface area is 185 Å². The van der Waals surface area contributed by atoms with E-state index in [1.54, 1.807) is 25.5 Å². The average Bonchev–Trinajstić information content (AvgIpc) is 3.12. The van der Waals surface area contributed by atoms with Crippen LogP contribution in [0.25, 0.3) is 0 Å². The Morgan fingerprint density at radius 1 is 1.28 bits per heavy atom. The number of alkyl carbamates (subject to hydrolysis) is 1. The van der Waals surface area contributed by atoms with Crippen molar-refractivity contribution in [2.24, 2.45) is 11.7 Å². The molecule has 9 nitrogen and oxygen atoms in total. The quantitative estimate of drug-likeness (QED) is 0.647. The summed E-state index contributed by atoms with van der Waals surface area (Å²) in [6, 6.07) is 7.29. The highest BCUT2D eigenvalue weighted by molar-refractivity contribution is 5.98. The normalized spacial score (nSPS) is 20.8. The van der Waals surface area contributed by atoms with Crippen LogP contribution in [-0.2, 0) is 4.74 Å². The number of hydrogen-bond acceptors (Lipinski definition) is 6. The molecule has 0 aliphatic heterocycles. The zero-order valence-electron chi connectivity index (χ0n) is 18.3. The van der Waals surface area contributed by atoms with E-state index < -0.39 is 17.6 Å². The molecule has 2 aromatic rings. The Morgan fingerprint density at radius 3 is 2.56 bits per heavy atom. The van der Waals surface area contributed by atoms with Crippen LogP contribution in [0, 0.1) is 23.1 Å². The minimum Gasteiger partial charge on any atom is -0.444 e. The topological polar surface area (TPSA) is 135 Å². The lowest BCUT2D eigenvalue weighted by atomic mass is 9.82. The van der Waals surface area contributed by atoms with Crippen molar-refractivity contribution in [2.45, 2.75) is 57.7 Å². The lowest BCUT2D eigenvalue weighted by molar-refractivity contribution is 0.0478. The number of rotatable bonds is 5. The number of carbonyl (C=O) groups is 2. The van der Waals surface area contributed by atoms with E-state index in [4.69, 9.17) is 10.5 Å². The van der Waals surface area contributed by atoms with Gasteiger partial charge in [-0.1, -0.05) is 0 Å². The van der Waals surface area contributed by atoms with Gasteiger partial charge in [-0.05, 0) is 64.3 Å². The molecule has 1 heterocycles. The number of nitriles is 1. The third-order valence-electron chi connectivity index (χ3n) is 5.15. The maximum Gasteiger partial charge on any atom is 0.407 e. The van der Waals surface area contributed by atoms with Crippen molar-refractivity contribution in [2.75, 3.05) is 5.32 Å². The maximum absolute atomic E-state index is 13.2. The van der Waals surface area contributed by atoms with Crippen LogP contribution in [0.3, 0.4) is 0 Å². The van der Waals surface area contributed by atoms with E-state index in [0.717, 1.165) is 0 Å². The predicted molar refractivity (Wildman–Crippen MR) is 116 cm³/mol. The summed E-state index contributed by atoms with van der Waals surface area (Å²) in [7, 11) is 0. The number of amides is 2. The first-order valence-corrected chi connectivity index (χ1v) is 10.4. The van der Waals surface area contributed by atoms with Crippen LogP contribution in [0.4, 0.5) is 20.7 Å². The minimum atomic E-state index is -0.686. The highest BCUT2D eigenvalue weighted by Gasteiger charge is 2.34. The molecule has 2 amide bonds. The Balaban J connectivity index is 1.82. The molecular formula is C22H27FN6O3. The third kappa shape index (κ3) is 5.75. The van der Waals surface area contributed by atoms with E-state index in [9.17, 15) is 19.2 Å². The summed E-state index contributed by atoms with van der Waals surface area (Å²) >= 11 is 0. The molecule has 1 aromatic carbocycles. The standard InChI is InChI=1S/C22H27FN6O3/c1-22(2,3)32-21(31)27-16-7-4-13(11-24)18(10-16)29-12-17(19(25)30)20(28-29)26-15-8-5-14(23)6-9-15/h5-6,8-9,12-13,16,18H,4,7,10H2,1-3H3,(H2,25,30)(H,26,28)(H,27,31)/t13-,16-,18+/m1/s1. The molecule has 1 aliphatic rings. The lowest BCUT2D eigenvalue weighted by Gasteiger charge is -2.33. The molecule has 0 spiro atoms. The molecule has 10 heteroatoms. The summed E-state index contributed by atoms with van der Waals surface area (Å²) in [6.45, 7) is 5.35. The summed E-state index contributed by atoms with van der Waals surface area (Å²) in [5, 5.41) is 19.9. The number of primary amides is 1. The van der Waals surface area contributed by atoms with E-state index in [0.29, 0.717) is 24.9 Å². The Kier molecular flexibility index (Phi) is 6.67. The molecule has 3 atom stereocenters.